The minimum atomic E-state index is -0.118. The van der Waals surface area contributed by atoms with E-state index in [0.717, 1.165) is 18.7 Å². The molecule has 2 aromatic carbocycles. The summed E-state index contributed by atoms with van der Waals surface area (Å²) in [5.74, 6) is 0.565. The molecule has 1 aliphatic heterocycles. The molecule has 1 fully saturated rings. The summed E-state index contributed by atoms with van der Waals surface area (Å²) in [6, 6.07) is 15.3. The number of anilines is 1. The maximum absolute atomic E-state index is 12.4. The van der Waals surface area contributed by atoms with Crippen LogP contribution in [0.25, 0.3) is 0 Å². The smallest absolute Gasteiger partial charge is 0.255 e. The number of ether oxygens (including phenoxy) is 1. The molecule has 132 valence electrons. The SMILES string of the molecule is COc1cccc(C(=O)Nc2cccc(CCN3CCCCC3)c2)c1. The maximum atomic E-state index is 12.4. The third-order valence-corrected chi connectivity index (χ3v) is 4.68. The van der Waals surface area contributed by atoms with E-state index in [1.807, 2.05) is 24.3 Å². The predicted molar refractivity (Wildman–Crippen MR) is 101 cm³/mol. The molecular formula is C21H26N2O2. The van der Waals surface area contributed by atoms with Crippen LogP contribution in [0, 0.1) is 0 Å². The van der Waals surface area contributed by atoms with E-state index in [9.17, 15) is 4.79 Å². The lowest BCUT2D eigenvalue weighted by atomic mass is 10.1. The predicted octanol–water partition coefficient (Wildman–Crippen LogP) is 3.98. The van der Waals surface area contributed by atoms with Crippen molar-refractivity contribution in [3.63, 3.8) is 0 Å². The molecule has 0 bridgehead atoms. The molecule has 2 aromatic rings. The molecule has 0 atom stereocenters. The van der Waals surface area contributed by atoms with Crippen molar-refractivity contribution in [3.05, 3.63) is 59.7 Å². The van der Waals surface area contributed by atoms with Gasteiger partial charge in [0.1, 0.15) is 5.75 Å². The maximum Gasteiger partial charge on any atom is 0.255 e. The fourth-order valence-electron chi connectivity index (χ4n) is 3.24. The summed E-state index contributed by atoms with van der Waals surface area (Å²) in [6.45, 7) is 3.52. The van der Waals surface area contributed by atoms with E-state index >= 15 is 0 Å². The van der Waals surface area contributed by atoms with Gasteiger partial charge in [-0.05, 0) is 68.2 Å². The number of methoxy groups -OCH3 is 1. The first-order valence-electron chi connectivity index (χ1n) is 9.01. The van der Waals surface area contributed by atoms with Crippen molar-refractivity contribution < 1.29 is 9.53 Å². The number of hydrogen-bond acceptors (Lipinski definition) is 3. The third kappa shape index (κ3) is 5.07. The van der Waals surface area contributed by atoms with Gasteiger partial charge in [0, 0.05) is 17.8 Å². The Labute approximate surface area is 149 Å². The summed E-state index contributed by atoms with van der Waals surface area (Å²) in [6.07, 6.45) is 5.01. The quantitative estimate of drug-likeness (QED) is 0.866. The normalized spacial score (nSPS) is 14.9. The van der Waals surface area contributed by atoms with E-state index in [1.165, 1.54) is 37.9 Å². The summed E-state index contributed by atoms with van der Waals surface area (Å²) in [4.78, 5) is 15.0. The van der Waals surface area contributed by atoms with Crippen molar-refractivity contribution in [2.75, 3.05) is 32.1 Å². The van der Waals surface area contributed by atoms with Crippen LogP contribution in [0.15, 0.2) is 48.5 Å². The zero-order valence-electron chi connectivity index (χ0n) is 14.8. The van der Waals surface area contributed by atoms with E-state index in [1.54, 1.807) is 19.2 Å². The van der Waals surface area contributed by atoms with Gasteiger partial charge in [0.15, 0.2) is 0 Å². The molecule has 1 amide bonds. The standard InChI is InChI=1S/C21H26N2O2/c1-25-20-10-6-8-18(16-20)21(24)22-19-9-5-7-17(15-19)11-14-23-12-3-2-4-13-23/h5-10,15-16H,2-4,11-14H2,1H3,(H,22,24). The van der Waals surface area contributed by atoms with Crippen LogP contribution in [0.2, 0.25) is 0 Å². The van der Waals surface area contributed by atoms with Gasteiger partial charge in [0.05, 0.1) is 7.11 Å². The number of rotatable bonds is 6. The zero-order valence-corrected chi connectivity index (χ0v) is 14.8. The molecule has 1 heterocycles. The molecule has 4 heteroatoms. The highest BCUT2D eigenvalue weighted by Gasteiger charge is 2.10. The van der Waals surface area contributed by atoms with Gasteiger partial charge in [0.2, 0.25) is 0 Å². The first-order chi connectivity index (χ1) is 12.2. The highest BCUT2D eigenvalue weighted by atomic mass is 16.5. The molecule has 1 aliphatic rings. The largest absolute Gasteiger partial charge is 0.497 e. The number of carbonyl (C=O) groups excluding carboxylic acids is 1. The van der Waals surface area contributed by atoms with Gasteiger partial charge >= 0.3 is 0 Å². The Morgan fingerprint density at radius 1 is 1.08 bits per heavy atom. The van der Waals surface area contributed by atoms with Gasteiger partial charge in [-0.25, -0.2) is 0 Å². The minimum Gasteiger partial charge on any atom is -0.497 e. The molecule has 0 unspecified atom stereocenters. The van der Waals surface area contributed by atoms with E-state index in [2.05, 4.69) is 22.3 Å². The highest BCUT2D eigenvalue weighted by Crippen LogP contribution is 2.17. The van der Waals surface area contributed by atoms with Crippen LogP contribution in [0.5, 0.6) is 5.75 Å². The highest BCUT2D eigenvalue weighted by molar-refractivity contribution is 6.04. The average Bonchev–Trinajstić information content (AvgIpc) is 2.67. The van der Waals surface area contributed by atoms with Crippen molar-refractivity contribution in [1.82, 2.24) is 4.90 Å². The monoisotopic (exact) mass is 338 g/mol. The molecule has 25 heavy (non-hydrogen) atoms. The number of benzene rings is 2. The Morgan fingerprint density at radius 3 is 2.68 bits per heavy atom. The molecule has 0 aromatic heterocycles. The van der Waals surface area contributed by atoms with Crippen LogP contribution in [-0.2, 0) is 6.42 Å². The first kappa shape index (κ1) is 17.5. The first-order valence-corrected chi connectivity index (χ1v) is 9.01. The zero-order chi connectivity index (χ0) is 17.5. The molecule has 0 saturated carbocycles. The van der Waals surface area contributed by atoms with Gasteiger partial charge in [-0.2, -0.15) is 0 Å². The van der Waals surface area contributed by atoms with Crippen molar-refractivity contribution in [3.8, 4) is 5.75 Å². The van der Waals surface area contributed by atoms with Crippen LogP contribution < -0.4 is 10.1 Å². The Kier molecular flexibility index (Phi) is 6.07. The summed E-state index contributed by atoms with van der Waals surface area (Å²) in [5, 5.41) is 2.98. The van der Waals surface area contributed by atoms with Crippen LogP contribution >= 0.6 is 0 Å². The van der Waals surface area contributed by atoms with Crippen LogP contribution in [0.1, 0.15) is 35.2 Å². The van der Waals surface area contributed by atoms with E-state index in [-0.39, 0.29) is 5.91 Å². The fourth-order valence-corrected chi connectivity index (χ4v) is 3.24. The van der Waals surface area contributed by atoms with Crippen LogP contribution in [0.4, 0.5) is 5.69 Å². The molecule has 1 saturated heterocycles. The van der Waals surface area contributed by atoms with Crippen molar-refractivity contribution in [1.29, 1.82) is 0 Å². The number of carbonyl (C=O) groups is 1. The topological polar surface area (TPSA) is 41.6 Å². The number of nitrogens with zero attached hydrogens (tertiary/aromatic N) is 1. The van der Waals surface area contributed by atoms with Crippen molar-refractivity contribution in [2.24, 2.45) is 0 Å². The van der Waals surface area contributed by atoms with Gasteiger partial charge in [0.25, 0.3) is 5.91 Å². The Morgan fingerprint density at radius 2 is 1.88 bits per heavy atom. The van der Waals surface area contributed by atoms with Gasteiger partial charge in [-0.1, -0.05) is 24.6 Å². The second-order valence-corrected chi connectivity index (χ2v) is 6.54. The molecular weight excluding hydrogens is 312 g/mol. The fraction of sp³-hybridized carbons (Fsp3) is 0.381. The number of amides is 1. The Hall–Kier alpha value is -2.33. The number of hydrogen-bond donors (Lipinski definition) is 1. The lowest BCUT2D eigenvalue weighted by molar-refractivity contribution is 0.102. The molecule has 0 aliphatic carbocycles. The lowest BCUT2D eigenvalue weighted by Gasteiger charge is -2.26. The summed E-state index contributed by atoms with van der Waals surface area (Å²) < 4.78 is 5.18. The summed E-state index contributed by atoms with van der Waals surface area (Å²) >= 11 is 0. The lowest BCUT2D eigenvalue weighted by Crippen LogP contribution is -2.31. The van der Waals surface area contributed by atoms with Gasteiger partial charge in [-0.15, -0.1) is 0 Å². The average molecular weight is 338 g/mol. The molecule has 0 radical (unpaired) electrons. The van der Waals surface area contributed by atoms with E-state index in [4.69, 9.17) is 4.74 Å². The van der Waals surface area contributed by atoms with E-state index < -0.39 is 0 Å². The number of nitrogens with one attached hydrogen (secondary N) is 1. The van der Waals surface area contributed by atoms with Crippen LogP contribution in [0.3, 0.4) is 0 Å². The van der Waals surface area contributed by atoms with Crippen LogP contribution in [-0.4, -0.2) is 37.6 Å². The number of likely N-dealkylation sites (tertiary alicyclic amines) is 1. The molecule has 0 spiro atoms. The molecule has 4 nitrogen and oxygen atoms in total. The summed E-state index contributed by atoms with van der Waals surface area (Å²) in [7, 11) is 1.60. The van der Waals surface area contributed by atoms with Gasteiger partial charge in [-0.3, -0.25) is 4.79 Å². The van der Waals surface area contributed by atoms with Gasteiger partial charge < -0.3 is 15.0 Å². The molecule has 1 N–H and O–H groups in total. The second kappa shape index (κ2) is 8.67. The molecule has 3 rings (SSSR count). The minimum absolute atomic E-state index is 0.118. The Balaban J connectivity index is 1.59. The second-order valence-electron chi connectivity index (χ2n) is 6.54. The summed E-state index contributed by atoms with van der Waals surface area (Å²) in [5.41, 5.74) is 2.69. The number of piperidine rings is 1. The van der Waals surface area contributed by atoms with Crippen molar-refractivity contribution >= 4 is 11.6 Å². The van der Waals surface area contributed by atoms with E-state index in [0.29, 0.717) is 11.3 Å². The Bertz CT molecular complexity index is 709. The van der Waals surface area contributed by atoms with Crippen molar-refractivity contribution in [2.45, 2.75) is 25.7 Å². The third-order valence-electron chi connectivity index (χ3n) is 4.68.